The van der Waals surface area contributed by atoms with E-state index in [4.69, 9.17) is 4.74 Å². The molecule has 3 rings (SSSR count). The minimum Gasteiger partial charge on any atom is -0.481 e. The summed E-state index contributed by atoms with van der Waals surface area (Å²) in [5.41, 5.74) is 2.88. The van der Waals surface area contributed by atoms with Crippen LogP contribution >= 0.6 is 0 Å². The second-order valence-electron chi connectivity index (χ2n) is 9.11. The Morgan fingerprint density at radius 1 is 1.13 bits per heavy atom. The molecule has 1 atom stereocenters. The van der Waals surface area contributed by atoms with Crippen LogP contribution in [0, 0.1) is 0 Å². The second-order valence-corrected chi connectivity index (χ2v) is 11.3. The Bertz CT molecular complexity index is 1050. The average molecular weight is 445 g/mol. The van der Waals surface area contributed by atoms with Gasteiger partial charge in [-0.25, -0.2) is 12.7 Å². The summed E-state index contributed by atoms with van der Waals surface area (Å²) in [6.45, 7) is 8.90. The van der Waals surface area contributed by atoms with Crippen LogP contribution < -0.4 is 9.64 Å². The first-order chi connectivity index (χ1) is 14.4. The van der Waals surface area contributed by atoms with E-state index in [0.717, 1.165) is 11.3 Å². The smallest absolute Gasteiger partial charge is 0.268 e. The van der Waals surface area contributed by atoms with E-state index in [2.05, 4.69) is 20.8 Å². The van der Waals surface area contributed by atoms with Crippen molar-refractivity contribution in [2.75, 3.05) is 25.5 Å². The first-order valence-corrected chi connectivity index (χ1v) is 12.0. The summed E-state index contributed by atoms with van der Waals surface area (Å²) in [4.78, 5) is 15.2. The summed E-state index contributed by atoms with van der Waals surface area (Å²) >= 11 is 0. The normalized spacial score (nSPS) is 15.1. The Morgan fingerprint density at radius 3 is 2.32 bits per heavy atom. The van der Waals surface area contributed by atoms with Gasteiger partial charge in [0.1, 0.15) is 5.75 Å². The summed E-state index contributed by atoms with van der Waals surface area (Å²) in [6, 6.07) is 12.8. The Hall–Kier alpha value is -2.38. The molecule has 0 unspecified atom stereocenters. The number of carbonyl (C=O) groups is 1. The van der Waals surface area contributed by atoms with Crippen molar-refractivity contribution in [1.82, 2.24) is 4.31 Å². The standard InChI is InChI=1S/C24H32N2O4S/c1-7-22(30-19-10-8-18(9-11-19)24(2,3)4)23(27)26-15-14-17-16-20(12-13-21(17)26)31(28,29)25(5)6/h8-13,16,22H,7,14-15H2,1-6H3/t22-/m0/s1. The molecule has 1 heterocycles. The van der Waals surface area contributed by atoms with Crippen molar-refractivity contribution in [3.05, 3.63) is 53.6 Å². The zero-order chi connectivity index (χ0) is 23.0. The number of hydrogen-bond donors (Lipinski definition) is 0. The van der Waals surface area contributed by atoms with E-state index in [9.17, 15) is 13.2 Å². The summed E-state index contributed by atoms with van der Waals surface area (Å²) in [7, 11) is -0.488. The van der Waals surface area contributed by atoms with E-state index in [1.54, 1.807) is 23.1 Å². The summed E-state index contributed by atoms with van der Waals surface area (Å²) in [5, 5.41) is 0. The molecular formula is C24H32N2O4S. The third kappa shape index (κ3) is 4.77. The summed E-state index contributed by atoms with van der Waals surface area (Å²) in [5.74, 6) is 0.560. The molecule has 0 bridgehead atoms. The van der Waals surface area contributed by atoms with Gasteiger partial charge in [0.25, 0.3) is 5.91 Å². The van der Waals surface area contributed by atoms with Crippen molar-refractivity contribution in [1.29, 1.82) is 0 Å². The molecule has 1 aliphatic heterocycles. The van der Waals surface area contributed by atoms with E-state index in [-0.39, 0.29) is 16.2 Å². The Kier molecular flexibility index (Phi) is 6.48. The Balaban J connectivity index is 1.79. The highest BCUT2D eigenvalue weighted by Crippen LogP contribution is 2.32. The summed E-state index contributed by atoms with van der Waals surface area (Å²) < 4.78 is 32.1. The lowest BCUT2D eigenvalue weighted by molar-refractivity contribution is -0.125. The van der Waals surface area contributed by atoms with Crippen LogP contribution in [0.25, 0.3) is 0 Å². The Morgan fingerprint density at radius 2 is 1.77 bits per heavy atom. The van der Waals surface area contributed by atoms with Gasteiger partial charge in [-0.3, -0.25) is 4.79 Å². The largest absolute Gasteiger partial charge is 0.481 e. The van der Waals surface area contributed by atoms with Crippen LogP contribution in [0.1, 0.15) is 45.2 Å². The third-order valence-electron chi connectivity index (χ3n) is 5.64. The molecule has 0 radical (unpaired) electrons. The molecule has 0 N–H and O–H groups in total. The minimum atomic E-state index is -3.51. The molecule has 2 aromatic carbocycles. The van der Waals surface area contributed by atoms with Crippen LogP contribution in [0.3, 0.4) is 0 Å². The number of carbonyl (C=O) groups excluding carboxylic acids is 1. The van der Waals surface area contributed by atoms with Crippen molar-refractivity contribution in [3.63, 3.8) is 0 Å². The molecule has 6 nitrogen and oxygen atoms in total. The first-order valence-electron chi connectivity index (χ1n) is 10.6. The molecule has 0 fully saturated rings. The molecule has 0 aromatic heterocycles. The zero-order valence-corrected chi connectivity index (χ0v) is 20.0. The molecule has 0 saturated carbocycles. The summed E-state index contributed by atoms with van der Waals surface area (Å²) in [6.07, 6.45) is 0.560. The number of ether oxygens (including phenoxy) is 1. The lowest BCUT2D eigenvalue weighted by Gasteiger charge is -2.25. The van der Waals surface area contributed by atoms with Gasteiger partial charge >= 0.3 is 0 Å². The maximum Gasteiger partial charge on any atom is 0.268 e. The number of nitrogens with zero attached hydrogens (tertiary/aromatic N) is 2. The van der Waals surface area contributed by atoms with Crippen molar-refractivity contribution in [2.24, 2.45) is 0 Å². The van der Waals surface area contributed by atoms with Gasteiger partial charge in [0, 0.05) is 26.3 Å². The van der Waals surface area contributed by atoms with Crippen LogP contribution in [0.4, 0.5) is 5.69 Å². The molecule has 1 amide bonds. The molecule has 31 heavy (non-hydrogen) atoms. The SMILES string of the molecule is CC[C@H](Oc1ccc(C(C)(C)C)cc1)C(=O)N1CCc2cc(S(=O)(=O)N(C)C)ccc21. The van der Waals surface area contributed by atoms with Gasteiger partial charge in [-0.1, -0.05) is 39.8 Å². The van der Waals surface area contributed by atoms with Gasteiger partial charge in [0.15, 0.2) is 6.10 Å². The Labute approximate surface area is 185 Å². The lowest BCUT2D eigenvalue weighted by Crippen LogP contribution is -2.41. The van der Waals surface area contributed by atoms with Gasteiger partial charge < -0.3 is 9.64 Å². The molecular weight excluding hydrogens is 412 g/mol. The fourth-order valence-corrected chi connectivity index (χ4v) is 4.61. The van der Waals surface area contributed by atoms with Gasteiger partial charge in [-0.05, 0) is 59.7 Å². The zero-order valence-electron chi connectivity index (χ0n) is 19.2. The fourth-order valence-electron chi connectivity index (χ4n) is 3.66. The quantitative estimate of drug-likeness (QED) is 0.676. The van der Waals surface area contributed by atoms with Crippen molar-refractivity contribution in [3.8, 4) is 5.75 Å². The van der Waals surface area contributed by atoms with E-state index in [0.29, 0.717) is 25.1 Å². The number of fused-ring (bicyclic) bond motifs is 1. The van der Waals surface area contributed by atoms with Crippen molar-refractivity contribution in [2.45, 2.75) is 57.0 Å². The van der Waals surface area contributed by atoms with Gasteiger partial charge in [0.2, 0.25) is 10.0 Å². The van der Waals surface area contributed by atoms with E-state index in [1.165, 1.54) is 24.0 Å². The number of amides is 1. The maximum atomic E-state index is 13.2. The molecule has 168 valence electrons. The number of sulfonamides is 1. The van der Waals surface area contributed by atoms with Crippen LogP contribution in [-0.2, 0) is 26.7 Å². The van der Waals surface area contributed by atoms with Crippen LogP contribution in [-0.4, -0.2) is 45.4 Å². The number of benzene rings is 2. The van der Waals surface area contributed by atoms with E-state index >= 15 is 0 Å². The van der Waals surface area contributed by atoms with Crippen LogP contribution in [0.2, 0.25) is 0 Å². The minimum absolute atomic E-state index is 0.0523. The fraction of sp³-hybridized carbons (Fsp3) is 0.458. The molecule has 7 heteroatoms. The van der Waals surface area contributed by atoms with Crippen LogP contribution in [0.5, 0.6) is 5.75 Å². The molecule has 0 spiro atoms. The van der Waals surface area contributed by atoms with Gasteiger partial charge in [0.05, 0.1) is 4.90 Å². The topological polar surface area (TPSA) is 66.9 Å². The molecule has 2 aromatic rings. The van der Waals surface area contributed by atoms with Crippen molar-refractivity contribution >= 4 is 21.6 Å². The van der Waals surface area contributed by atoms with E-state index < -0.39 is 16.1 Å². The molecule has 0 aliphatic carbocycles. The van der Waals surface area contributed by atoms with Crippen molar-refractivity contribution < 1.29 is 17.9 Å². The lowest BCUT2D eigenvalue weighted by atomic mass is 9.87. The molecule has 0 saturated heterocycles. The van der Waals surface area contributed by atoms with Crippen LogP contribution in [0.15, 0.2) is 47.4 Å². The average Bonchev–Trinajstić information content (AvgIpc) is 3.14. The van der Waals surface area contributed by atoms with Gasteiger partial charge in [-0.15, -0.1) is 0 Å². The number of rotatable bonds is 6. The highest BCUT2D eigenvalue weighted by Gasteiger charge is 2.32. The predicted molar refractivity (Wildman–Crippen MR) is 123 cm³/mol. The molecule has 1 aliphatic rings. The number of hydrogen-bond acceptors (Lipinski definition) is 4. The highest BCUT2D eigenvalue weighted by atomic mass is 32.2. The van der Waals surface area contributed by atoms with E-state index in [1.807, 2.05) is 31.2 Å². The predicted octanol–water partition coefficient (Wildman–Crippen LogP) is 3.98. The third-order valence-corrected chi connectivity index (χ3v) is 7.45. The highest BCUT2D eigenvalue weighted by molar-refractivity contribution is 7.89. The monoisotopic (exact) mass is 444 g/mol. The number of anilines is 1. The second kappa shape index (κ2) is 8.63. The maximum absolute atomic E-state index is 13.2. The first kappa shape index (κ1) is 23.3. The van der Waals surface area contributed by atoms with Gasteiger partial charge in [-0.2, -0.15) is 0 Å².